The van der Waals surface area contributed by atoms with E-state index in [-0.39, 0.29) is 6.61 Å². The molecule has 2 aromatic rings. The maximum atomic E-state index is 12.4. The summed E-state index contributed by atoms with van der Waals surface area (Å²) in [6, 6.07) is 0. The van der Waals surface area contributed by atoms with E-state index in [0.29, 0.717) is 11.4 Å². The van der Waals surface area contributed by atoms with Crippen LogP contribution in [0.2, 0.25) is 0 Å². The molecule has 2 N–H and O–H groups in total. The van der Waals surface area contributed by atoms with Crippen molar-refractivity contribution < 1.29 is 19.4 Å². The Kier molecular flexibility index (Phi) is 4.16. The zero-order valence-electron chi connectivity index (χ0n) is 14.1. The summed E-state index contributed by atoms with van der Waals surface area (Å²) in [5.41, 5.74) is 1.84. The Morgan fingerprint density at radius 3 is 2.75 bits per heavy atom. The molecular formula is C15H21N5O4. The number of aliphatic hydroxyl groups excluding tert-OH is 1. The van der Waals surface area contributed by atoms with E-state index in [0.717, 1.165) is 5.56 Å². The number of aryl methyl sites for hydroxylation is 2. The summed E-state index contributed by atoms with van der Waals surface area (Å²) in [6.07, 6.45) is 3.07. The smallest absolute Gasteiger partial charge is 0.256 e. The molecule has 3 rings (SSSR count). The molecule has 9 nitrogen and oxygen atoms in total. The Morgan fingerprint density at radius 1 is 1.42 bits per heavy atom. The number of nitrogens with one attached hydrogen (secondary N) is 1. The van der Waals surface area contributed by atoms with Gasteiger partial charge in [-0.05, 0) is 13.8 Å². The third kappa shape index (κ3) is 3.32. The molecule has 0 radical (unpaired) electrons. The Balaban J connectivity index is 1.75. The minimum Gasteiger partial charge on any atom is -0.380 e. The average molecular weight is 335 g/mol. The van der Waals surface area contributed by atoms with Crippen molar-refractivity contribution in [1.82, 2.24) is 19.6 Å². The molecule has 1 aliphatic rings. The monoisotopic (exact) mass is 335 g/mol. The van der Waals surface area contributed by atoms with Crippen LogP contribution < -0.4 is 5.32 Å². The highest BCUT2D eigenvalue weighted by Crippen LogP contribution is 2.27. The van der Waals surface area contributed by atoms with Gasteiger partial charge in [0.05, 0.1) is 18.5 Å². The molecule has 1 amide bonds. The fraction of sp³-hybridized carbons (Fsp3) is 0.533. The second kappa shape index (κ2) is 6.00. The maximum absolute atomic E-state index is 12.4. The van der Waals surface area contributed by atoms with Crippen LogP contribution in [0.25, 0.3) is 11.3 Å². The van der Waals surface area contributed by atoms with Crippen LogP contribution >= 0.6 is 0 Å². The molecule has 0 unspecified atom stereocenters. The molecule has 2 aromatic heterocycles. The third-order valence-corrected chi connectivity index (χ3v) is 3.72. The van der Waals surface area contributed by atoms with E-state index >= 15 is 0 Å². The Hall–Kier alpha value is -2.23. The van der Waals surface area contributed by atoms with Crippen molar-refractivity contribution >= 4 is 11.6 Å². The number of aliphatic hydroxyl groups is 1. The number of hydrogen-bond acceptors (Lipinski definition) is 6. The number of aromatic nitrogens is 4. The quantitative estimate of drug-likeness (QED) is 0.831. The molecule has 3 heterocycles. The van der Waals surface area contributed by atoms with Gasteiger partial charge in [0, 0.05) is 32.1 Å². The lowest BCUT2D eigenvalue weighted by Crippen LogP contribution is -2.40. The average Bonchev–Trinajstić information content (AvgIpc) is 3.17. The highest BCUT2D eigenvalue weighted by atomic mass is 16.7. The summed E-state index contributed by atoms with van der Waals surface area (Å²) in [4.78, 5) is 12.4. The van der Waals surface area contributed by atoms with Gasteiger partial charge in [-0.15, -0.1) is 0 Å². The molecule has 0 aliphatic carbocycles. The molecular weight excluding hydrogens is 314 g/mol. The largest absolute Gasteiger partial charge is 0.380 e. The first-order chi connectivity index (χ1) is 11.2. The summed E-state index contributed by atoms with van der Waals surface area (Å²) in [5.74, 6) is -1.37. The highest BCUT2D eigenvalue weighted by Gasteiger charge is 2.39. The van der Waals surface area contributed by atoms with Crippen LogP contribution in [-0.2, 0) is 28.4 Å². The molecule has 2 atom stereocenters. The van der Waals surface area contributed by atoms with Gasteiger partial charge in [0.15, 0.2) is 11.9 Å². The predicted molar refractivity (Wildman–Crippen MR) is 85.0 cm³/mol. The van der Waals surface area contributed by atoms with Gasteiger partial charge in [-0.25, -0.2) is 0 Å². The van der Waals surface area contributed by atoms with E-state index < -0.39 is 23.9 Å². The van der Waals surface area contributed by atoms with Crippen LogP contribution in [0.15, 0.2) is 18.6 Å². The first-order valence-corrected chi connectivity index (χ1v) is 7.58. The zero-order valence-corrected chi connectivity index (χ0v) is 14.1. The second-order valence-electron chi connectivity index (χ2n) is 6.27. The van der Waals surface area contributed by atoms with Crippen LogP contribution in [-0.4, -0.2) is 55.2 Å². The number of hydrogen-bond donors (Lipinski definition) is 2. The molecule has 0 spiro atoms. The minimum atomic E-state index is -1.34. The van der Waals surface area contributed by atoms with E-state index in [9.17, 15) is 9.90 Å². The Labute approximate surface area is 139 Å². The number of carbonyl (C=O) groups excluding carboxylic acids is 1. The van der Waals surface area contributed by atoms with Gasteiger partial charge in [0.2, 0.25) is 0 Å². The summed E-state index contributed by atoms with van der Waals surface area (Å²) < 4.78 is 14.1. The lowest BCUT2D eigenvalue weighted by molar-refractivity contribution is -0.156. The molecule has 0 bridgehead atoms. The van der Waals surface area contributed by atoms with Gasteiger partial charge < -0.3 is 19.9 Å². The molecule has 1 fully saturated rings. The maximum Gasteiger partial charge on any atom is 0.256 e. The normalized spacial score (nSPS) is 21.0. The summed E-state index contributed by atoms with van der Waals surface area (Å²) in [5, 5.41) is 21.4. The topological polar surface area (TPSA) is 103 Å². The number of carbonyl (C=O) groups is 1. The van der Waals surface area contributed by atoms with Crippen LogP contribution in [0, 0.1) is 0 Å². The first kappa shape index (κ1) is 16.6. The van der Waals surface area contributed by atoms with E-state index in [1.54, 1.807) is 55.9 Å². The van der Waals surface area contributed by atoms with Crippen molar-refractivity contribution in [1.29, 1.82) is 0 Å². The van der Waals surface area contributed by atoms with Gasteiger partial charge in [0.25, 0.3) is 5.91 Å². The molecule has 24 heavy (non-hydrogen) atoms. The number of nitrogens with zero attached hydrogens (tertiary/aromatic N) is 4. The van der Waals surface area contributed by atoms with Crippen molar-refractivity contribution in [2.45, 2.75) is 31.8 Å². The van der Waals surface area contributed by atoms with E-state index in [1.807, 2.05) is 0 Å². The summed E-state index contributed by atoms with van der Waals surface area (Å²) in [6.45, 7) is 3.63. The van der Waals surface area contributed by atoms with Crippen LogP contribution in [0.1, 0.15) is 13.8 Å². The molecule has 1 aliphatic heterocycles. The standard InChI is InChI=1S/C15H21N5O4/c1-15(2)23-8-11(24-15)13(21)14(22)17-10-7-20(4)18-12(10)9-5-16-19(3)6-9/h5-7,11,13,21H,8H2,1-4H3,(H,17,22)/t11-,13+/m0/s1. The summed E-state index contributed by atoms with van der Waals surface area (Å²) >= 11 is 0. The van der Waals surface area contributed by atoms with Crippen LogP contribution in [0.4, 0.5) is 5.69 Å². The van der Waals surface area contributed by atoms with Gasteiger partial charge in [-0.1, -0.05) is 0 Å². The molecule has 0 aromatic carbocycles. The number of amides is 1. The molecule has 130 valence electrons. The van der Waals surface area contributed by atoms with Crippen LogP contribution in [0.3, 0.4) is 0 Å². The minimum absolute atomic E-state index is 0.157. The molecule has 0 saturated carbocycles. The van der Waals surface area contributed by atoms with Crippen molar-refractivity contribution in [3.05, 3.63) is 18.6 Å². The van der Waals surface area contributed by atoms with Crippen molar-refractivity contribution in [3.63, 3.8) is 0 Å². The van der Waals surface area contributed by atoms with Crippen LogP contribution in [0.5, 0.6) is 0 Å². The zero-order chi connectivity index (χ0) is 17.5. The first-order valence-electron chi connectivity index (χ1n) is 7.58. The van der Waals surface area contributed by atoms with E-state index in [4.69, 9.17) is 9.47 Å². The Morgan fingerprint density at radius 2 is 2.17 bits per heavy atom. The summed E-state index contributed by atoms with van der Waals surface area (Å²) in [7, 11) is 3.55. The van der Waals surface area contributed by atoms with Crippen molar-refractivity contribution in [2.75, 3.05) is 11.9 Å². The lowest BCUT2D eigenvalue weighted by atomic mass is 10.2. The fourth-order valence-electron chi connectivity index (χ4n) is 2.58. The van der Waals surface area contributed by atoms with Gasteiger partial charge in [-0.3, -0.25) is 14.2 Å². The highest BCUT2D eigenvalue weighted by molar-refractivity contribution is 5.97. The van der Waals surface area contributed by atoms with E-state index in [2.05, 4.69) is 15.5 Å². The number of rotatable bonds is 4. The van der Waals surface area contributed by atoms with Gasteiger partial charge in [0.1, 0.15) is 11.8 Å². The van der Waals surface area contributed by atoms with E-state index in [1.165, 1.54) is 0 Å². The predicted octanol–water partition coefficient (Wildman–Crippen LogP) is 0.271. The van der Waals surface area contributed by atoms with Gasteiger partial charge in [-0.2, -0.15) is 10.2 Å². The number of ether oxygens (including phenoxy) is 2. The van der Waals surface area contributed by atoms with Gasteiger partial charge >= 0.3 is 0 Å². The molecule has 1 saturated heterocycles. The SMILES string of the molecule is Cn1cc(-c2nn(C)cc2NC(=O)[C@H](O)[C@@H]2COC(C)(C)O2)cn1. The Bertz CT molecular complexity index is 751. The van der Waals surface area contributed by atoms with Crippen molar-refractivity contribution in [3.8, 4) is 11.3 Å². The molecule has 9 heteroatoms. The fourth-order valence-corrected chi connectivity index (χ4v) is 2.58. The second-order valence-corrected chi connectivity index (χ2v) is 6.27. The van der Waals surface area contributed by atoms with Crippen molar-refractivity contribution in [2.24, 2.45) is 14.1 Å². The lowest BCUT2D eigenvalue weighted by Gasteiger charge is -2.19. The third-order valence-electron chi connectivity index (χ3n) is 3.72. The number of anilines is 1.